The third kappa shape index (κ3) is 1.25. The fourth-order valence-electron chi connectivity index (χ4n) is 0.970. The first-order valence-corrected chi connectivity index (χ1v) is 3.31. The minimum absolute atomic E-state index is 0.595. The van der Waals surface area contributed by atoms with Gasteiger partial charge in [-0.05, 0) is 6.08 Å². The Labute approximate surface area is 65.0 Å². The molecule has 1 aliphatic carbocycles. The maximum absolute atomic E-state index is 10.6. The second-order valence-corrected chi connectivity index (χ2v) is 2.36. The molecule has 0 amide bonds. The lowest BCUT2D eigenvalue weighted by molar-refractivity contribution is -0.130. The van der Waals surface area contributed by atoms with Crippen molar-refractivity contribution in [2.75, 3.05) is 7.11 Å². The van der Waals surface area contributed by atoms with Gasteiger partial charge in [0, 0.05) is 7.11 Å². The summed E-state index contributed by atoms with van der Waals surface area (Å²) in [6, 6.07) is 0. The van der Waals surface area contributed by atoms with Crippen LogP contribution in [0.5, 0.6) is 0 Å². The molecule has 0 bridgehead atoms. The van der Waals surface area contributed by atoms with Crippen molar-refractivity contribution in [3.8, 4) is 0 Å². The van der Waals surface area contributed by atoms with Crippen LogP contribution in [0, 0.1) is 0 Å². The van der Waals surface area contributed by atoms with E-state index in [0.29, 0.717) is 6.29 Å². The lowest BCUT2D eigenvalue weighted by Gasteiger charge is -2.27. The smallest absolute Gasteiger partial charge is 0.170 e. The van der Waals surface area contributed by atoms with Crippen LogP contribution in [0.1, 0.15) is 0 Å². The Morgan fingerprint density at radius 1 is 1.64 bits per heavy atom. The minimum Gasteiger partial charge on any atom is -0.385 e. The van der Waals surface area contributed by atoms with Crippen LogP contribution in [0.2, 0.25) is 0 Å². The zero-order valence-corrected chi connectivity index (χ0v) is 6.23. The summed E-state index contributed by atoms with van der Waals surface area (Å²) >= 11 is 0. The van der Waals surface area contributed by atoms with Gasteiger partial charge in [-0.15, -0.1) is 0 Å². The first kappa shape index (κ1) is 8.17. The maximum Gasteiger partial charge on any atom is 0.170 e. The predicted octanol–water partition coefficient (Wildman–Crippen LogP) is 0.0574. The van der Waals surface area contributed by atoms with Crippen molar-refractivity contribution >= 4 is 6.29 Å². The van der Waals surface area contributed by atoms with E-state index in [1.54, 1.807) is 12.2 Å². The van der Waals surface area contributed by atoms with Crippen molar-refractivity contribution < 1.29 is 14.6 Å². The quantitative estimate of drug-likeness (QED) is 0.572. The summed E-state index contributed by atoms with van der Waals surface area (Å²) in [7, 11) is 1.39. The number of aliphatic hydroxyl groups is 1. The minimum atomic E-state index is -1.17. The van der Waals surface area contributed by atoms with Crippen LogP contribution in [0.3, 0.4) is 0 Å². The molecule has 2 unspecified atom stereocenters. The van der Waals surface area contributed by atoms with Gasteiger partial charge in [-0.1, -0.05) is 18.2 Å². The average Bonchev–Trinajstić information content (AvgIpc) is 2.06. The van der Waals surface area contributed by atoms with Crippen LogP contribution < -0.4 is 0 Å². The standard InChI is InChI=1S/C8H10O3/c1-11-8(6-9)5-3-2-4-7(8)10/h2-7,10H,1H3. The number of rotatable bonds is 2. The second-order valence-electron chi connectivity index (χ2n) is 2.36. The summed E-state index contributed by atoms with van der Waals surface area (Å²) in [5.41, 5.74) is -1.17. The molecule has 0 spiro atoms. The molecule has 0 aromatic heterocycles. The monoisotopic (exact) mass is 154 g/mol. The molecule has 0 heterocycles. The molecule has 0 saturated carbocycles. The molecular formula is C8H10O3. The normalized spacial score (nSPS) is 35.6. The molecule has 1 rings (SSSR count). The van der Waals surface area contributed by atoms with Gasteiger partial charge in [0.15, 0.2) is 11.9 Å². The van der Waals surface area contributed by atoms with E-state index in [2.05, 4.69) is 0 Å². The van der Waals surface area contributed by atoms with Crippen molar-refractivity contribution in [3.05, 3.63) is 24.3 Å². The number of aliphatic hydroxyl groups excluding tert-OH is 1. The Balaban J connectivity index is 2.91. The van der Waals surface area contributed by atoms with Gasteiger partial charge in [0.25, 0.3) is 0 Å². The van der Waals surface area contributed by atoms with Gasteiger partial charge < -0.3 is 9.84 Å². The molecule has 0 aromatic carbocycles. The Kier molecular flexibility index (Phi) is 2.22. The van der Waals surface area contributed by atoms with Crippen LogP contribution >= 0.6 is 0 Å². The van der Waals surface area contributed by atoms with Crippen LogP contribution in [0.25, 0.3) is 0 Å². The van der Waals surface area contributed by atoms with Gasteiger partial charge in [0.1, 0.15) is 6.10 Å². The Morgan fingerprint density at radius 3 is 2.73 bits per heavy atom. The van der Waals surface area contributed by atoms with Crippen LogP contribution in [-0.4, -0.2) is 30.2 Å². The van der Waals surface area contributed by atoms with E-state index in [0.717, 1.165) is 0 Å². The van der Waals surface area contributed by atoms with E-state index >= 15 is 0 Å². The first-order valence-electron chi connectivity index (χ1n) is 3.31. The van der Waals surface area contributed by atoms with E-state index in [-0.39, 0.29) is 0 Å². The Hall–Kier alpha value is -0.930. The van der Waals surface area contributed by atoms with Gasteiger partial charge in [-0.3, -0.25) is 4.79 Å². The summed E-state index contributed by atoms with van der Waals surface area (Å²) in [6.45, 7) is 0. The Morgan fingerprint density at radius 2 is 2.36 bits per heavy atom. The molecule has 0 fully saturated rings. The van der Waals surface area contributed by atoms with Crippen molar-refractivity contribution in [1.29, 1.82) is 0 Å². The SMILES string of the molecule is COC1(C=O)C=CC=CC1O. The summed E-state index contributed by atoms with van der Waals surface area (Å²) in [5, 5.41) is 9.33. The third-order valence-electron chi connectivity index (χ3n) is 1.76. The topological polar surface area (TPSA) is 46.5 Å². The molecule has 0 aromatic rings. The van der Waals surface area contributed by atoms with Gasteiger partial charge in [-0.2, -0.15) is 0 Å². The molecule has 60 valence electrons. The van der Waals surface area contributed by atoms with E-state index in [9.17, 15) is 9.90 Å². The predicted molar refractivity (Wildman–Crippen MR) is 40.1 cm³/mol. The van der Waals surface area contributed by atoms with Crippen molar-refractivity contribution in [3.63, 3.8) is 0 Å². The maximum atomic E-state index is 10.6. The fourth-order valence-corrected chi connectivity index (χ4v) is 0.970. The van der Waals surface area contributed by atoms with Crippen molar-refractivity contribution in [1.82, 2.24) is 0 Å². The number of aldehydes is 1. The molecule has 0 radical (unpaired) electrons. The molecular weight excluding hydrogens is 144 g/mol. The van der Waals surface area contributed by atoms with Crippen molar-refractivity contribution in [2.45, 2.75) is 11.7 Å². The second kappa shape index (κ2) is 2.98. The molecule has 2 atom stereocenters. The summed E-state index contributed by atoms with van der Waals surface area (Å²) in [4.78, 5) is 10.6. The van der Waals surface area contributed by atoms with Crippen LogP contribution in [-0.2, 0) is 9.53 Å². The van der Waals surface area contributed by atoms with E-state index < -0.39 is 11.7 Å². The number of allylic oxidation sites excluding steroid dienone is 2. The fraction of sp³-hybridized carbons (Fsp3) is 0.375. The zero-order valence-electron chi connectivity index (χ0n) is 6.23. The molecule has 3 nitrogen and oxygen atoms in total. The lowest BCUT2D eigenvalue weighted by atomic mass is 9.94. The van der Waals surface area contributed by atoms with Gasteiger partial charge in [0.05, 0.1) is 0 Å². The highest BCUT2D eigenvalue weighted by Crippen LogP contribution is 2.19. The van der Waals surface area contributed by atoms with Crippen molar-refractivity contribution in [2.24, 2.45) is 0 Å². The molecule has 1 N–H and O–H groups in total. The first-order chi connectivity index (χ1) is 5.25. The van der Waals surface area contributed by atoms with E-state index in [1.165, 1.54) is 19.3 Å². The molecule has 1 aliphatic rings. The van der Waals surface area contributed by atoms with E-state index in [4.69, 9.17) is 4.74 Å². The molecule has 11 heavy (non-hydrogen) atoms. The van der Waals surface area contributed by atoms with Crippen LogP contribution in [0.15, 0.2) is 24.3 Å². The third-order valence-corrected chi connectivity index (χ3v) is 1.76. The average molecular weight is 154 g/mol. The zero-order chi connectivity index (χ0) is 8.32. The summed E-state index contributed by atoms with van der Waals surface area (Å²) in [5.74, 6) is 0. The number of carbonyl (C=O) groups is 1. The molecule has 0 aliphatic heterocycles. The van der Waals surface area contributed by atoms with Crippen LogP contribution in [0.4, 0.5) is 0 Å². The number of carbonyl (C=O) groups excluding carboxylic acids is 1. The number of methoxy groups -OCH3 is 1. The highest BCUT2D eigenvalue weighted by Gasteiger charge is 2.34. The number of hydrogen-bond donors (Lipinski definition) is 1. The highest BCUT2D eigenvalue weighted by molar-refractivity contribution is 5.69. The molecule has 3 heteroatoms. The number of ether oxygens (including phenoxy) is 1. The van der Waals surface area contributed by atoms with E-state index in [1.807, 2.05) is 0 Å². The van der Waals surface area contributed by atoms with Gasteiger partial charge in [-0.25, -0.2) is 0 Å². The molecule has 0 saturated heterocycles. The van der Waals surface area contributed by atoms with Gasteiger partial charge in [0.2, 0.25) is 0 Å². The number of hydrogen-bond acceptors (Lipinski definition) is 3. The summed E-state index contributed by atoms with van der Waals surface area (Å²) in [6.07, 6.45) is 6.10. The lowest BCUT2D eigenvalue weighted by Crippen LogP contribution is -2.43. The Bertz CT molecular complexity index is 207. The van der Waals surface area contributed by atoms with Gasteiger partial charge >= 0.3 is 0 Å². The summed E-state index contributed by atoms with van der Waals surface area (Å²) < 4.78 is 4.88. The largest absolute Gasteiger partial charge is 0.385 e. The highest BCUT2D eigenvalue weighted by atomic mass is 16.5.